The zero-order chi connectivity index (χ0) is 28.0. The van der Waals surface area contributed by atoms with Crippen molar-refractivity contribution in [2.75, 3.05) is 61.5 Å². The highest BCUT2D eigenvalue weighted by atomic mass is 35.5. The minimum atomic E-state index is -3.49. The molecule has 13 heteroatoms. The fourth-order valence-electron chi connectivity index (χ4n) is 4.17. The van der Waals surface area contributed by atoms with Gasteiger partial charge in [0, 0.05) is 25.7 Å². The van der Waals surface area contributed by atoms with Crippen molar-refractivity contribution in [1.82, 2.24) is 20.2 Å². The Morgan fingerprint density at radius 3 is 2.59 bits per heavy atom. The summed E-state index contributed by atoms with van der Waals surface area (Å²) in [7, 11) is -0.505. The number of halogens is 1. The van der Waals surface area contributed by atoms with Crippen molar-refractivity contribution < 1.29 is 17.9 Å². The largest absolute Gasteiger partial charge is 0.495 e. The monoisotopic (exact) mass is 573 g/mol. The summed E-state index contributed by atoms with van der Waals surface area (Å²) in [6.45, 7) is 3.58. The number of rotatable bonds is 11. The molecular formula is C26H32ClN7O4S. The normalized spacial score (nSPS) is 13.6. The van der Waals surface area contributed by atoms with Crippen molar-refractivity contribution in [1.29, 1.82) is 0 Å². The number of nitrogens with zero attached hydrogens (tertiary/aromatic N) is 4. The SMILES string of the molecule is COc1cc(C(=O)NCCN2CCCC2)ccc1Nc1ncc(Cl)c(Nc2ccccc2N(C)S(C)(=O)=O)n1. The van der Waals surface area contributed by atoms with Gasteiger partial charge in [-0.3, -0.25) is 9.10 Å². The van der Waals surface area contributed by atoms with Gasteiger partial charge >= 0.3 is 0 Å². The third-order valence-electron chi connectivity index (χ3n) is 6.36. The number of nitrogens with one attached hydrogen (secondary N) is 3. The van der Waals surface area contributed by atoms with E-state index in [1.54, 1.807) is 42.5 Å². The lowest BCUT2D eigenvalue weighted by atomic mass is 10.1. The van der Waals surface area contributed by atoms with Gasteiger partial charge < -0.3 is 25.6 Å². The number of methoxy groups -OCH3 is 1. The van der Waals surface area contributed by atoms with Crippen LogP contribution in [0, 0.1) is 0 Å². The Labute approximate surface area is 233 Å². The number of anilines is 5. The van der Waals surface area contributed by atoms with Crippen LogP contribution in [0.5, 0.6) is 5.75 Å². The van der Waals surface area contributed by atoms with Crippen LogP contribution in [0.15, 0.2) is 48.7 Å². The highest BCUT2D eigenvalue weighted by Crippen LogP contribution is 2.33. The number of ether oxygens (including phenoxy) is 1. The number of amides is 1. The Kier molecular flexibility index (Phi) is 9.10. The quantitative estimate of drug-likeness (QED) is 0.313. The molecule has 3 N–H and O–H groups in total. The topological polar surface area (TPSA) is 129 Å². The fourth-order valence-corrected chi connectivity index (χ4v) is 4.82. The molecule has 1 aromatic heterocycles. The lowest BCUT2D eigenvalue weighted by Crippen LogP contribution is -2.33. The van der Waals surface area contributed by atoms with Crippen molar-refractivity contribution in [3.05, 3.63) is 59.2 Å². The van der Waals surface area contributed by atoms with Gasteiger partial charge in [-0.15, -0.1) is 0 Å². The van der Waals surface area contributed by atoms with Crippen LogP contribution >= 0.6 is 11.6 Å². The summed E-state index contributed by atoms with van der Waals surface area (Å²) in [6.07, 6.45) is 4.97. The zero-order valence-corrected chi connectivity index (χ0v) is 23.6. The molecule has 0 saturated carbocycles. The lowest BCUT2D eigenvalue weighted by molar-refractivity contribution is 0.0949. The van der Waals surface area contributed by atoms with Gasteiger partial charge in [-0.05, 0) is 56.3 Å². The van der Waals surface area contributed by atoms with Crippen LogP contribution in [-0.2, 0) is 10.0 Å². The maximum absolute atomic E-state index is 12.7. The van der Waals surface area contributed by atoms with Crippen molar-refractivity contribution in [3.63, 3.8) is 0 Å². The maximum Gasteiger partial charge on any atom is 0.251 e. The number of carbonyl (C=O) groups is 1. The highest BCUT2D eigenvalue weighted by molar-refractivity contribution is 7.92. The molecule has 0 radical (unpaired) electrons. The zero-order valence-electron chi connectivity index (χ0n) is 22.1. The Bertz CT molecular complexity index is 1430. The van der Waals surface area contributed by atoms with Crippen LogP contribution in [0.2, 0.25) is 5.02 Å². The fraction of sp³-hybridized carbons (Fsp3) is 0.346. The molecule has 0 spiro atoms. The summed E-state index contributed by atoms with van der Waals surface area (Å²) < 4.78 is 30.9. The van der Waals surface area contributed by atoms with Crippen molar-refractivity contribution in [2.24, 2.45) is 0 Å². The number of para-hydroxylation sites is 2. The smallest absolute Gasteiger partial charge is 0.251 e. The first-order valence-corrected chi connectivity index (χ1v) is 14.7. The van der Waals surface area contributed by atoms with Crippen molar-refractivity contribution in [2.45, 2.75) is 12.8 Å². The Balaban J connectivity index is 1.48. The minimum Gasteiger partial charge on any atom is -0.495 e. The molecule has 1 fully saturated rings. The molecule has 0 unspecified atom stereocenters. The van der Waals surface area contributed by atoms with Gasteiger partial charge in [0.1, 0.15) is 10.8 Å². The second-order valence-electron chi connectivity index (χ2n) is 9.11. The van der Waals surface area contributed by atoms with Gasteiger partial charge in [-0.2, -0.15) is 4.98 Å². The predicted molar refractivity (Wildman–Crippen MR) is 154 cm³/mol. The lowest BCUT2D eigenvalue weighted by Gasteiger charge is -2.21. The molecule has 39 heavy (non-hydrogen) atoms. The molecule has 2 aromatic carbocycles. The number of hydrogen-bond acceptors (Lipinski definition) is 9. The molecule has 0 bridgehead atoms. The summed E-state index contributed by atoms with van der Waals surface area (Å²) in [6, 6.07) is 12.0. The van der Waals surface area contributed by atoms with E-state index in [4.69, 9.17) is 16.3 Å². The number of aromatic nitrogens is 2. The molecule has 2 heterocycles. The third-order valence-corrected chi connectivity index (χ3v) is 7.83. The Morgan fingerprint density at radius 1 is 1.13 bits per heavy atom. The average molecular weight is 574 g/mol. The second kappa shape index (κ2) is 12.5. The highest BCUT2D eigenvalue weighted by Gasteiger charge is 2.18. The molecule has 0 atom stereocenters. The summed E-state index contributed by atoms with van der Waals surface area (Å²) in [4.78, 5) is 23.7. The van der Waals surface area contributed by atoms with Gasteiger partial charge in [0.2, 0.25) is 16.0 Å². The molecule has 11 nitrogen and oxygen atoms in total. The summed E-state index contributed by atoms with van der Waals surface area (Å²) in [5.41, 5.74) is 1.95. The van der Waals surface area contributed by atoms with Crippen molar-refractivity contribution >= 4 is 56.4 Å². The van der Waals surface area contributed by atoms with E-state index in [1.807, 2.05) is 0 Å². The minimum absolute atomic E-state index is 0.175. The van der Waals surface area contributed by atoms with Gasteiger partial charge in [0.05, 0.1) is 36.6 Å². The van der Waals surface area contributed by atoms with E-state index in [9.17, 15) is 13.2 Å². The van der Waals surface area contributed by atoms with Gasteiger partial charge in [-0.25, -0.2) is 13.4 Å². The van der Waals surface area contributed by atoms with Crippen molar-refractivity contribution in [3.8, 4) is 5.75 Å². The van der Waals surface area contributed by atoms with E-state index in [1.165, 1.54) is 37.5 Å². The first-order valence-electron chi connectivity index (χ1n) is 12.4. The summed E-state index contributed by atoms with van der Waals surface area (Å²) in [5.74, 6) is 0.759. The third kappa shape index (κ3) is 7.28. The van der Waals surface area contributed by atoms with E-state index in [-0.39, 0.29) is 22.7 Å². The van der Waals surface area contributed by atoms with Gasteiger partial charge in [0.15, 0.2) is 5.82 Å². The van der Waals surface area contributed by atoms with Crippen LogP contribution < -0.4 is 25.0 Å². The average Bonchev–Trinajstić information content (AvgIpc) is 3.43. The van der Waals surface area contributed by atoms with E-state index >= 15 is 0 Å². The molecule has 208 valence electrons. The first-order chi connectivity index (χ1) is 18.7. The Hall–Kier alpha value is -3.61. The number of hydrogen-bond donors (Lipinski definition) is 3. The molecule has 3 aromatic rings. The molecule has 1 aliphatic heterocycles. The Morgan fingerprint density at radius 2 is 1.87 bits per heavy atom. The maximum atomic E-state index is 12.7. The van der Waals surface area contributed by atoms with Crippen LogP contribution in [0.1, 0.15) is 23.2 Å². The van der Waals surface area contributed by atoms with Crippen LogP contribution in [0.25, 0.3) is 0 Å². The molecule has 1 aliphatic rings. The molecule has 1 saturated heterocycles. The molecular weight excluding hydrogens is 542 g/mol. The first kappa shape index (κ1) is 28.4. The van der Waals surface area contributed by atoms with E-state index in [0.29, 0.717) is 34.9 Å². The van der Waals surface area contributed by atoms with E-state index in [2.05, 4.69) is 30.8 Å². The molecule has 0 aliphatic carbocycles. The number of likely N-dealkylation sites (tertiary alicyclic amines) is 1. The van der Waals surface area contributed by atoms with E-state index in [0.717, 1.165) is 25.9 Å². The summed E-state index contributed by atoms with van der Waals surface area (Å²) in [5, 5.41) is 9.39. The van der Waals surface area contributed by atoms with Crippen LogP contribution in [0.3, 0.4) is 0 Å². The number of benzene rings is 2. The standard InChI is InChI=1S/C26H32ClN7O4S/c1-33(39(3,36)37)22-9-5-4-8-20(22)30-24-19(27)17-29-26(32-24)31-21-11-10-18(16-23(21)38-2)25(35)28-12-15-34-13-6-7-14-34/h4-5,8-11,16-17H,6-7,12-15H2,1-3H3,(H,28,35)(H2,29,30,31,32). The molecule has 1 amide bonds. The molecule has 4 rings (SSSR count). The summed E-state index contributed by atoms with van der Waals surface area (Å²) >= 11 is 6.35. The van der Waals surface area contributed by atoms with Gasteiger partial charge in [-0.1, -0.05) is 23.7 Å². The number of sulfonamides is 1. The second-order valence-corrected chi connectivity index (χ2v) is 11.5. The predicted octanol–water partition coefficient (Wildman–Crippen LogP) is 3.85. The van der Waals surface area contributed by atoms with Gasteiger partial charge in [0.25, 0.3) is 5.91 Å². The number of carbonyl (C=O) groups excluding carboxylic acids is 1. The van der Waals surface area contributed by atoms with Crippen LogP contribution in [0.4, 0.5) is 28.8 Å². The van der Waals surface area contributed by atoms with E-state index < -0.39 is 10.0 Å². The van der Waals surface area contributed by atoms with Crippen LogP contribution in [-0.4, -0.2) is 75.8 Å².